The number of aromatic nitrogens is 1. The lowest BCUT2D eigenvalue weighted by Crippen LogP contribution is -2.45. The predicted molar refractivity (Wildman–Crippen MR) is 65.3 cm³/mol. The summed E-state index contributed by atoms with van der Waals surface area (Å²) in [4.78, 5) is 24.8. The monoisotopic (exact) mass is 241 g/mol. The second-order valence-corrected chi connectivity index (χ2v) is 8.95. The molecule has 0 amide bonds. The third kappa shape index (κ3) is 3.21. The van der Waals surface area contributed by atoms with Crippen molar-refractivity contribution >= 4 is 19.6 Å². The molecule has 0 saturated heterocycles. The SMILES string of the molecule is CC(C)(C)OC(=O)c1cc[nH]c1[Si](C)(C)O. The van der Waals surface area contributed by atoms with Crippen molar-refractivity contribution in [3.8, 4) is 0 Å². The van der Waals surface area contributed by atoms with Crippen LogP contribution in [-0.4, -0.2) is 29.7 Å². The molecule has 1 rings (SSSR count). The predicted octanol–water partition coefficient (Wildman–Crippen LogP) is 1.37. The van der Waals surface area contributed by atoms with Crippen LogP contribution in [0.1, 0.15) is 31.1 Å². The smallest absolute Gasteiger partial charge is 0.340 e. The summed E-state index contributed by atoms with van der Waals surface area (Å²) in [5.74, 6) is -0.390. The molecule has 0 atom stereocenters. The molecule has 0 spiro atoms. The van der Waals surface area contributed by atoms with Gasteiger partial charge in [0.2, 0.25) is 8.32 Å². The maximum absolute atomic E-state index is 11.9. The van der Waals surface area contributed by atoms with Gasteiger partial charge in [-0.25, -0.2) is 4.79 Å². The highest BCUT2D eigenvalue weighted by molar-refractivity contribution is 6.83. The van der Waals surface area contributed by atoms with Crippen molar-refractivity contribution in [2.24, 2.45) is 0 Å². The highest BCUT2D eigenvalue weighted by Gasteiger charge is 2.30. The number of carbonyl (C=O) groups is 1. The van der Waals surface area contributed by atoms with Gasteiger partial charge in [0.1, 0.15) is 5.60 Å². The molecule has 0 saturated carbocycles. The summed E-state index contributed by atoms with van der Waals surface area (Å²) in [5, 5.41) is 0.613. The Morgan fingerprint density at radius 2 is 2.00 bits per heavy atom. The molecule has 0 aliphatic rings. The van der Waals surface area contributed by atoms with Crippen LogP contribution in [0.25, 0.3) is 0 Å². The Morgan fingerprint density at radius 3 is 2.44 bits per heavy atom. The fourth-order valence-electron chi connectivity index (χ4n) is 1.38. The molecule has 0 radical (unpaired) electrons. The van der Waals surface area contributed by atoms with Gasteiger partial charge in [0.05, 0.1) is 5.56 Å². The van der Waals surface area contributed by atoms with Crippen LogP contribution in [0.5, 0.6) is 0 Å². The van der Waals surface area contributed by atoms with E-state index in [9.17, 15) is 9.59 Å². The standard InChI is InChI=1S/C11H19NO3Si/c1-11(2,3)15-10(13)8-6-7-12-9(8)16(4,5)14/h6-7,12,14H,1-5H3. The number of nitrogens with one attached hydrogen (secondary N) is 1. The summed E-state index contributed by atoms with van der Waals surface area (Å²) in [6.45, 7) is 8.97. The summed E-state index contributed by atoms with van der Waals surface area (Å²) in [7, 11) is -2.52. The molecule has 0 bridgehead atoms. The number of hydrogen-bond acceptors (Lipinski definition) is 3. The normalized spacial score (nSPS) is 12.6. The van der Waals surface area contributed by atoms with Crippen molar-refractivity contribution < 1.29 is 14.3 Å². The number of carbonyl (C=O) groups excluding carboxylic acids is 1. The van der Waals surface area contributed by atoms with Crippen molar-refractivity contribution in [3.05, 3.63) is 17.8 Å². The molecule has 16 heavy (non-hydrogen) atoms. The number of ether oxygens (including phenoxy) is 1. The second-order valence-electron chi connectivity index (χ2n) is 5.33. The molecule has 0 aliphatic heterocycles. The molecule has 0 aliphatic carbocycles. The minimum Gasteiger partial charge on any atom is -0.456 e. The number of rotatable bonds is 2. The van der Waals surface area contributed by atoms with E-state index >= 15 is 0 Å². The van der Waals surface area contributed by atoms with Gasteiger partial charge in [0, 0.05) is 11.5 Å². The van der Waals surface area contributed by atoms with Crippen LogP contribution < -0.4 is 5.32 Å². The largest absolute Gasteiger partial charge is 0.456 e. The first kappa shape index (κ1) is 13.0. The fourth-order valence-corrected chi connectivity index (χ4v) is 2.66. The van der Waals surface area contributed by atoms with Gasteiger partial charge in [0.25, 0.3) is 0 Å². The topological polar surface area (TPSA) is 62.3 Å². The van der Waals surface area contributed by atoms with Gasteiger partial charge >= 0.3 is 5.97 Å². The Kier molecular flexibility index (Phi) is 3.30. The van der Waals surface area contributed by atoms with Gasteiger partial charge in [-0.2, -0.15) is 0 Å². The van der Waals surface area contributed by atoms with Crippen LogP contribution in [-0.2, 0) is 4.74 Å². The number of hydrogen-bond donors (Lipinski definition) is 2. The zero-order chi connectivity index (χ0) is 12.6. The van der Waals surface area contributed by atoms with Crippen LogP contribution in [0.3, 0.4) is 0 Å². The van der Waals surface area contributed by atoms with Crippen molar-refractivity contribution in [1.82, 2.24) is 4.98 Å². The highest BCUT2D eigenvalue weighted by Crippen LogP contribution is 2.12. The summed E-state index contributed by atoms with van der Waals surface area (Å²) >= 11 is 0. The molecule has 0 aromatic carbocycles. The van der Waals surface area contributed by atoms with E-state index in [1.165, 1.54) is 0 Å². The van der Waals surface area contributed by atoms with Crippen LogP contribution in [0, 0.1) is 0 Å². The Hall–Kier alpha value is -1.07. The Labute approximate surface area is 96.8 Å². The van der Waals surface area contributed by atoms with Crippen LogP contribution >= 0.6 is 0 Å². The van der Waals surface area contributed by atoms with Crippen molar-refractivity contribution in [2.75, 3.05) is 0 Å². The summed E-state index contributed by atoms with van der Waals surface area (Å²) < 4.78 is 5.27. The summed E-state index contributed by atoms with van der Waals surface area (Å²) in [5.41, 5.74) is -0.0821. The Bertz CT molecular complexity index is 385. The molecule has 2 N–H and O–H groups in total. The first-order valence-electron chi connectivity index (χ1n) is 5.25. The third-order valence-corrected chi connectivity index (χ3v) is 3.61. The molecule has 90 valence electrons. The maximum atomic E-state index is 11.9. The molecular formula is C11H19NO3Si. The first-order chi connectivity index (χ1) is 7.11. The minimum atomic E-state index is -2.52. The fraction of sp³-hybridized carbons (Fsp3) is 0.545. The van der Waals surface area contributed by atoms with Crippen molar-refractivity contribution in [3.63, 3.8) is 0 Å². The zero-order valence-corrected chi connectivity index (χ0v) is 11.4. The molecule has 5 heteroatoms. The lowest BCUT2D eigenvalue weighted by atomic mass is 10.2. The number of esters is 1. The molecule has 0 unspecified atom stereocenters. The quantitative estimate of drug-likeness (QED) is 0.607. The van der Waals surface area contributed by atoms with Crippen LogP contribution in [0.2, 0.25) is 13.1 Å². The number of H-pyrrole nitrogens is 1. The molecule has 1 heterocycles. The van der Waals surface area contributed by atoms with Gasteiger partial charge in [-0.05, 0) is 39.9 Å². The van der Waals surface area contributed by atoms with Crippen LogP contribution in [0.15, 0.2) is 12.3 Å². The van der Waals surface area contributed by atoms with Gasteiger partial charge < -0.3 is 14.5 Å². The molecule has 1 aromatic rings. The van der Waals surface area contributed by atoms with E-state index in [0.29, 0.717) is 10.9 Å². The Morgan fingerprint density at radius 1 is 1.44 bits per heavy atom. The van der Waals surface area contributed by atoms with E-state index in [1.807, 2.05) is 20.8 Å². The lowest BCUT2D eigenvalue weighted by Gasteiger charge is -2.21. The third-order valence-electron chi connectivity index (χ3n) is 1.98. The molecule has 1 aromatic heterocycles. The highest BCUT2D eigenvalue weighted by atomic mass is 28.4. The van der Waals surface area contributed by atoms with Gasteiger partial charge in [-0.1, -0.05) is 0 Å². The summed E-state index contributed by atoms with van der Waals surface area (Å²) in [6, 6.07) is 1.65. The van der Waals surface area contributed by atoms with Gasteiger partial charge in [-0.15, -0.1) is 0 Å². The van der Waals surface area contributed by atoms with Gasteiger partial charge in [0.15, 0.2) is 0 Å². The Balaban J connectivity index is 2.98. The van der Waals surface area contributed by atoms with E-state index in [2.05, 4.69) is 4.98 Å². The average Bonchev–Trinajstić information content (AvgIpc) is 2.45. The van der Waals surface area contributed by atoms with Crippen molar-refractivity contribution in [2.45, 2.75) is 39.5 Å². The maximum Gasteiger partial charge on any atom is 0.340 e. The van der Waals surface area contributed by atoms with E-state index in [0.717, 1.165) is 0 Å². The van der Waals surface area contributed by atoms with E-state index in [4.69, 9.17) is 4.74 Å². The molecule has 4 nitrogen and oxygen atoms in total. The van der Waals surface area contributed by atoms with E-state index < -0.39 is 19.9 Å². The van der Waals surface area contributed by atoms with E-state index in [-0.39, 0.29) is 0 Å². The minimum absolute atomic E-state index is 0.390. The van der Waals surface area contributed by atoms with E-state index in [1.54, 1.807) is 25.4 Å². The first-order valence-corrected chi connectivity index (χ1v) is 8.19. The van der Waals surface area contributed by atoms with Crippen LogP contribution in [0.4, 0.5) is 0 Å². The zero-order valence-electron chi connectivity index (χ0n) is 10.4. The number of aromatic amines is 1. The summed E-state index contributed by atoms with van der Waals surface area (Å²) in [6.07, 6.45) is 1.65. The lowest BCUT2D eigenvalue weighted by molar-refractivity contribution is 0.00710. The second kappa shape index (κ2) is 4.07. The van der Waals surface area contributed by atoms with Crippen molar-refractivity contribution in [1.29, 1.82) is 0 Å². The molecule has 0 fully saturated rings. The average molecular weight is 241 g/mol. The van der Waals surface area contributed by atoms with Gasteiger partial charge in [-0.3, -0.25) is 0 Å². The molecular weight excluding hydrogens is 222 g/mol.